The predicted octanol–water partition coefficient (Wildman–Crippen LogP) is 3.04. The SMILES string of the molecule is O=C(c1ccc[nH]1)c1ccc(Cl)cc1F. The zero-order valence-corrected chi connectivity index (χ0v) is 8.38. The minimum absolute atomic E-state index is 0.0156. The zero-order chi connectivity index (χ0) is 10.8. The second kappa shape index (κ2) is 3.87. The highest BCUT2D eigenvalue weighted by Gasteiger charge is 2.14. The summed E-state index contributed by atoms with van der Waals surface area (Å²) in [5, 5.41) is 0.274. The van der Waals surface area contributed by atoms with Gasteiger partial charge in [-0.1, -0.05) is 11.6 Å². The maximum atomic E-state index is 13.4. The molecule has 0 bridgehead atoms. The highest BCUT2D eigenvalue weighted by atomic mass is 35.5. The van der Waals surface area contributed by atoms with Crippen molar-refractivity contribution >= 4 is 17.4 Å². The molecule has 4 heteroatoms. The summed E-state index contributed by atoms with van der Waals surface area (Å²) >= 11 is 5.59. The van der Waals surface area contributed by atoms with Gasteiger partial charge in [-0.2, -0.15) is 0 Å². The van der Waals surface area contributed by atoms with Crippen molar-refractivity contribution in [2.24, 2.45) is 0 Å². The fraction of sp³-hybridized carbons (Fsp3) is 0. The quantitative estimate of drug-likeness (QED) is 0.780. The molecule has 0 unspecified atom stereocenters. The Morgan fingerprint density at radius 1 is 1.33 bits per heavy atom. The molecule has 15 heavy (non-hydrogen) atoms. The topological polar surface area (TPSA) is 32.9 Å². The molecule has 0 saturated heterocycles. The van der Waals surface area contributed by atoms with Crippen LogP contribution in [0.1, 0.15) is 16.1 Å². The van der Waals surface area contributed by atoms with E-state index in [1.54, 1.807) is 18.3 Å². The largest absolute Gasteiger partial charge is 0.359 e. The lowest BCUT2D eigenvalue weighted by atomic mass is 10.1. The van der Waals surface area contributed by atoms with Gasteiger partial charge in [0, 0.05) is 11.2 Å². The van der Waals surface area contributed by atoms with Crippen LogP contribution < -0.4 is 0 Å². The highest BCUT2D eigenvalue weighted by molar-refractivity contribution is 6.30. The first-order valence-corrected chi connectivity index (χ1v) is 4.69. The summed E-state index contributed by atoms with van der Waals surface area (Å²) in [5.41, 5.74) is 0.373. The Balaban J connectivity index is 2.42. The van der Waals surface area contributed by atoms with E-state index in [0.717, 1.165) is 6.07 Å². The van der Waals surface area contributed by atoms with E-state index in [1.807, 2.05) is 0 Å². The molecule has 0 radical (unpaired) electrons. The van der Waals surface area contributed by atoms with Gasteiger partial charge in [-0.15, -0.1) is 0 Å². The molecular formula is C11H7ClFNO. The Kier molecular flexibility index (Phi) is 2.56. The van der Waals surface area contributed by atoms with Gasteiger partial charge in [0.1, 0.15) is 5.82 Å². The minimum Gasteiger partial charge on any atom is -0.359 e. The van der Waals surface area contributed by atoms with Crippen LogP contribution in [-0.2, 0) is 0 Å². The number of carbonyl (C=O) groups is 1. The Hall–Kier alpha value is -1.61. The average Bonchev–Trinajstić information content (AvgIpc) is 2.69. The number of carbonyl (C=O) groups excluding carboxylic acids is 1. The zero-order valence-electron chi connectivity index (χ0n) is 7.63. The fourth-order valence-electron chi connectivity index (χ4n) is 1.29. The van der Waals surface area contributed by atoms with Gasteiger partial charge < -0.3 is 4.98 Å². The van der Waals surface area contributed by atoms with E-state index in [4.69, 9.17) is 11.6 Å². The normalized spacial score (nSPS) is 10.3. The van der Waals surface area contributed by atoms with Crippen molar-refractivity contribution in [3.05, 3.63) is 58.6 Å². The van der Waals surface area contributed by atoms with Gasteiger partial charge in [0.25, 0.3) is 0 Å². The highest BCUT2D eigenvalue weighted by Crippen LogP contribution is 2.17. The lowest BCUT2D eigenvalue weighted by Gasteiger charge is -2.00. The standard InChI is InChI=1S/C11H7ClFNO/c12-7-3-4-8(9(13)6-7)11(15)10-2-1-5-14-10/h1-6,14H. The number of benzene rings is 1. The van der Waals surface area contributed by atoms with Crippen LogP contribution >= 0.6 is 11.6 Å². The van der Waals surface area contributed by atoms with Crippen LogP contribution in [0.2, 0.25) is 5.02 Å². The van der Waals surface area contributed by atoms with Crippen LogP contribution in [0.5, 0.6) is 0 Å². The first kappa shape index (κ1) is 9.93. The Bertz CT molecular complexity index is 493. The maximum Gasteiger partial charge on any atom is 0.212 e. The van der Waals surface area contributed by atoms with Gasteiger partial charge in [0.15, 0.2) is 0 Å². The molecule has 2 rings (SSSR count). The minimum atomic E-state index is -0.609. The van der Waals surface area contributed by atoms with Crippen molar-refractivity contribution in [3.8, 4) is 0 Å². The third-order valence-electron chi connectivity index (χ3n) is 2.02. The van der Waals surface area contributed by atoms with Crippen molar-refractivity contribution in [1.82, 2.24) is 4.98 Å². The molecule has 1 heterocycles. The van der Waals surface area contributed by atoms with Crippen molar-refractivity contribution in [1.29, 1.82) is 0 Å². The Morgan fingerprint density at radius 2 is 2.13 bits per heavy atom. The molecule has 0 spiro atoms. The van der Waals surface area contributed by atoms with E-state index < -0.39 is 5.82 Å². The molecule has 1 N–H and O–H groups in total. The first-order valence-electron chi connectivity index (χ1n) is 4.31. The second-order valence-corrected chi connectivity index (χ2v) is 3.47. The second-order valence-electron chi connectivity index (χ2n) is 3.04. The van der Waals surface area contributed by atoms with Crippen molar-refractivity contribution < 1.29 is 9.18 Å². The fourth-order valence-corrected chi connectivity index (χ4v) is 1.45. The summed E-state index contributed by atoms with van der Waals surface area (Å²) in [6.07, 6.45) is 1.61. The van der Waals surface area contributed by atoms with Gasteiger partial charge in [0.05, 0.1) is 11.3 Å². The van der Waals surface area contributed by atoms with Gasteiger partial charge >= 0.3 is 0 Å². The third kappa shape index (κ3) is 1.92. The third-order valence-corrected chi connectivity index (χ3v) is 2.25. The van der Waals surface area contributed by atoms with Gasteiger partial charge in [-0.25, -0.2) is 4.39 Å². The molecule has 1 aromatic carbocycles. The molecule has 0 fully saturated rings. The molecule has 0 aliphatic carbocycles. The predicted molar refractivity (Wildman–Crippen MR) is 55.6 cm³/mol. The lowest BCUT2D eigenvalue weighted by Crippen LogP contribution is -2.04. The number of hydrogen-bond acceptors (Lipinski definition) is 1. The number of H-pyrrole nitrogens is 1. The molecule has 2 nitrogen and oxygen atoms in total. The summed E-state index contributed by atoms with van der Waals surface area (Å²) < 4.78 is 13.4. The van der Waals surface area contributed by atoms with Crippen LogP contribution in [0.4, 0.5) is 4.39 Å². The van der Waals surface area contributed by atoms with E-state index >= 15 is 0 Å². The van der Waals surface area contributed by atoms with Crippen molar-refractivity contribution in [2.75, 3.05) is 0 Å². The average molecular weight is 224 g/mol. The summed E-state index contributed by atoms with van der Waals surface area (Å²) in [5.74, 6) is -0.990. The Labute approximate surface area is 90.7 Å². The van der Waals surface area contributed by atoms with Crippen LogP contribution in [0.25, 0.3) is 0 Å². The van der Waals surface area contributed by atoms with Gasteiger partial charge in [-0.05, 0) is 30.3 Å². The van der Waals surface area contributed by atoms with E-state index in [-0.39, 0.29) is 16.4 Å². The van der Waals surface area contributed by atoms with Gasteiger partial charge in [-0.3, -0.25) is 4.79 Å². The molecule has 76 valence electrons. The van der Waals surface area contributed by atoms with Crippen LogP contribution in [0.15, 0.2) is 36.5 Å². The summed E-state index contributed by atoms with van der Waals surface area (Å²) in [7, 11) is 0. The van der Waals surface area contributed by atoms with E-state index in [0.29, 0.717) is 5.69 Å². The lowest BCUT2D eigenvalue weighted by molar-refractivity contribution is 0.103. The summed E-state index contributed by atoms with van der Waals surface area (Å²) in [6.45, 7) is 0. The number of ketones is 1. The van der Waals surface area contributed by atoms with E-state index in [2.05, 4.69) is 4.98 Å². The molecule has 2 aromatic rings. The summed E-state index contributed by atoms with van der Waals surface area (Å²) in [4.78, 5) is 14.5. The van der Waals surface area contributed by atoms with Crippen LogP contribution in [0.3, 0.4) is 0 Å². The van der Waals surface area contributed by atoms with Crippen LogP contribution in [0, 0.1) is 5.82 Å². The van der Waals surface area contributed by atoms with Crippen LogP contribution in [-0.4, -0.2) is 10.8 Å². The number of aromatic nitrogens is 1. The molecule has 1 aromatic heterocycles. The number of hydrogen-bond donors (Lipinski definition) is 1. The number of rotatable bonds is 2. The maximum absolute atomic E-state index is 13.4. The number of aromatic amines is 1. The Morgan fingerprint density at radius 3 is 2.73 bits per heavy atom. The van der Waals surface area contributed by atoms with Crippen molar-refractivity contribution in [3.63, 3.8) is 0 Å². The van der Waals surface area contributed by atoms with E-state index in [9.17, 15) is 9.18 Å². The molecule has 0 atom stereocenters. The number of nitrogens with one attached hydrogen (secondary N) is 1. The molecule has 0 aliphatic rings. The number of halogens is 2. The van der Waals surface area contributed by atoms with Crippen molar-refractivity contribution in [2.45, 2.75) is 0 Å². The van der Waals surface area contributed by atoms with Gasteiger partial charge in [0.2, 0.25) is 5.78 Å². The molecule has 0 aliphatic heterocycles. The molecular weight excluding hydrogens is 217 g/mol. The molecule has 0 amide bonds. The van der Waals surface area contributed by atoms with E-state index in [1.165, 1.54) is 12.1 Å². The smallest absolute Gasteiger partial charge is 0.212 e. The summed E-state index contributed by atoms with van der Waals surface area (Å²) in [6, 6.07) is 7.26. The monoisotopic (exact) mass is 223 g/mol. The molecule has 0 saturated carbocycles. The first-order chi connectivity index (χ1) is 7.18.